The highest BCUT2D eigenvalue weighted by Gasteiger charge is 2.47. The third kappa shape index (κ3) is 5.13. The number of ether oxygens (including phenoxy) is 1. The number of halogens is 2. The minimum absolute atomic E-state index is 0. The molecule has 0 amide bonds. The third-order valence-electron chi connectivity index (χ3n) is 8.08. The second kappa shape index (κ2) is 11.3. The molecule has 212 valence electrons. The molecule has 2 saturated heterocycles. The first-order valence-corrected chi connectivity index (χ1v) is 14.3. The number of nitrogens with zero attached hydrogens (tertiary/aromatic N) is 5. The molecule has 5 N–H and O–H groups in total. The van der Waals surface area contributed by atoms with E-state index in [9.17, 15) is 5.11 Å². The maximum atomic E-state index is 10.2. The summed E-state index contributed by atoms with van der Waals surface area (Å²) < 4.78 is 7.77. The standard InChI is InChI=1S/C28H32ClN7O2S.ClH/c1-16-27(34-21(14-37)25(32-16)35-11-8-28(9-12-35)15-38-17(2)24(28)31)39-22-7-10-36-13-20(33-26(36)23(22)29)18-3-5-19(30)6-4-18;/h3-7,10,13,17,24,37H,8-9,11-12,14-15,30-31H2,1-2H3;1H/t17-,24+;/m0./s1. The number of aromatic nitrogens is 4. The summed E-state index contributed by atoms with van der Waals surface area (Å²) in [7, 11) is 0. The number of nitrogens with two attached hydrogens (primary N) is 2. The molecule has 0 saturated carbocycles. The summed E-state index contributed by atoms with van der Waals surface area (Å²) >= 11 is 8.25. The largest absolute Gasteiger partial charge is 0.399 e. The molecule has 2 aliphatic heterocycles. The lowest BCUT2D eigenvalue weighted by molar-refractivity contribution is 0.0973. The van der Waals surface area contributed by atoms with Crippen LogP contribution in [0.5, 0.6) is 0 Å². The fraction of sp³-hybridized carbons (Fsp3) is 0.393. The van der Waals surface area contributed by atoms with E-state index in [2.05, 4.69) is 11.8 Å². The van der Waals surface area contributed by atoms with Crippen molar-refractivity contribution in [3.63, 3.8) is 0 Å². The predicted molar refractivity (Wildman–Crippen MR) is 161 cm³/mol. The number of rotatable bonds is 5. The number of aliphatic hydroxyl groups is 1. The Morgan fingerprint density at radius 2 is 1.88 bits per heavy atom. The van der Waals surface area contributed by atoms with Crippen molar-refractivity contribution in [1.29, 1.82) is 0 Å². The van der Waals surface area contributed by atoms with Crippen molar-refractivity contribution in [1.82, 2.24) is 19.4 Å². The maximum Gasteiger partial charge on any atom is 0.157 e. The second-order valence-electron chi connectivity index (χ2n) is 10.5. The highest BCUT2D eigenvalue weighted by Crippen LogP contribution is 2.43. The molecule has 0 bridgehead atoms. The Balaban J connectivity index is 0.00000323. The van der Waals surface area contributed by atoms with Gasteiger partial charge in [-0.25, -0.2) is 15.0 Å². The Labute approximate surface area is 248 Å². The van der Waals surface area contributed by atoms with Gasteiger partial charge >= 0.3 is 0 Å². The molecule has 4 aromatic rings. The number of aryl methyl sites for hydroxylation is 1. The van der Waals surface area contributed by atoms with Crippen molar-refractivity contribution >= 4 is 52.9 Å². The number of fused-ring (bicyclic) bond motifs is 1. The molecule has 0 radical (unpaired) electrons. The van der Waals surface area contributed by atoms with Crippen molar-refractivity contribution in [3.8, 4) is 11.3 Å². The monoisotopic (exact) mass is 601 g/mol. The number of piperidine rings is 1. The van der Waals surface area contributed by atoms with Gasteiger partial charge in [0.05, 0.1) is 35.7 Å². The van der Waals surface area contributed by atoms with E-state index in [1.807, 2.05) is 54.0 Å². The first kappa shape index (κ1) is 28.9. The van der Waals surface area contributed by atoms with Crippen LogP contribution in [0.1, 0.15) is 31.2 Å². The van der Waals surface area contributed by atoms with Gasteiger partial charge < -0.3 is 30.6 Å². The molecule has 0 aliphatic carbocycles. The lowest BCUT2D eigenvalue weighted by Crippen LogP contribution is -2.51. The lowest BCUT2D eigenvalue weighted by atomic mass is 9.73. The fourth-order valence-electron chi connectivity index (χ4n) is 5.59. The molecule has 6 rings (SSSR count). The molecule has 2 atom stereocenters. The molecular weight excluding hydrogens is 569 g/mol. The minimum Gasteiger partial charge on any atom is -0.399 e. The van der Waals surface area contributed by atoms with Gasteiger partial charge in [-0.05, 0) is 44.9 Å². The van der Waals surface area contributed by atoms with Crippen LogP contribution in [0.3, 0.4) is 0 Å². The fourth-order valence-corrected chi connectivity index (χ4v) is 6.78. The molecule has 5 heterocycles. The summed E-state index contributed by atoms with van der Waals surface area (Å²) in [4.78, 5) is 17.5. The van der Waals surface area contributed by atoms with E-state index in [1.165, 1.54) is 11.8 Å². The van der Waals surface area contributed by atoms with Crippen LogP contribution >= 0.6 is 35.8 Å². The maximum absolute atomic E-state index is 10.2. The summed E-state index contributed by atoms with van der Waals surface area (Å²) in [5, 5.41) is 11.4. The second-order valence-corrected chi connectivity index (χ2v) is 11.9. The molecule has 40 heavy (non-hydrogen) atoms. The van der Waals surface area contributed by atoms with Crippen LogP contribution in [0, 0.1) is 12.3 Å². The Kier molecular flexibility index (Phi) is 8.20. The Hall–Kier alpha value is -2.60. The van der Waals surface area contributed by atoms with Crippen LogP contribution < -0.4 is 16.4 Å². The van der Waals surface area contributed by atoms with Crippen LogP contribution in [-0.2, 0) is 11.3 Å². The lowest BCUT2D eigenvalue weighted by Gasteiger charge is -2.42. The summed E-state index contributed by atoms with van der Waals surface area (Å²) in [5.74, 6) is 0.734. The van der Waals surface area contributed by atoms with Gasteiger partial charge in [0.1, 0.15) is 10.7 Å². The summed E-state index contributed by atoms with van der Waals surface area (Å²) in [5.41, 5.74) is 16.8. The van der Waals surface area contributed by atoms with E-state index in [4.69, 9.17) is 42.8 Å². The number of anilines is 2. The van der Waals surface area contributed by atoms with E-state index in [0.717, 1.165) is 53.6 Å². The Bertz CT molecular complexity index is 1520. The quantitative estimate of drug-likeness (QED) is 0.278. The molecule has 1 spiro atoms. The Morgan fingerprint density at radius 3 is 2.52 bits per heavy atom. The van der Waals surface area contributed by atoms with Gasteiger partial charge in [0.15, 0.2) is 11.5 Å². The van der Waals surface area contributed by atoms with E-state index in [-0.39, 0.29) is 36.6 Å². The highest BCUT2D eigenvalue weighted by molar-refractivity contribution is 7.99. The zero-order valence-corrected chi connectivity index (χ0v) is 24.8. The summed E-state index contributed by atoms with van der Waals surface area (Å²) in [6, 6.07) is 9.58. The zero-order valence-electron chi connectivity index (χ0n) is 22.4. The smallest absolute Gasteiger partial charge is 0.157 e. The molecule has 12 heteroatoms. The van der Waals surface area contributed by atoms with Crippen LogP contribution in [0.15, 0.2) is 52.6 Å². The first-order valence-electron chi connectivity index (χ1n) is 13.1. The van der Waals surface area contributed by atoms with Gasteiger partial charge in [-0.15, -0.1) is 12.4 Å². The van der Waals surface area contributed by atoms with Crippen LogP contribution in [0.25, 0.3) is 16.9 Å². The molecule has 9 nitrogen and oxygen atoms in total. The average molecular weight is 603 g/mol. The van der Waals surface area contributed by atoms with E-state index in [0.29, 0.717) is 33.7 Å². The van der Waals surface area contributed by atoms with Crippen molar-refractivity contribution in [3.05, 3.63) is 59.1 Å². The number of hydrogen-bond donors (Lipinski definition) is 3. The normalized spacial score (nSPS) is 20.3. The topological polar surface area (TPSA) is 128 Å². The number of aliphatic hydroxyl groups excluding tert-OH is 1. The summed E-state index contributed by atoms with van der Waals surface area (Å²) in [6.45, 7) is 6.10. The van der Waals surface area contributed by atoms with E-state index in [1.54, 1.807) is 0 Å². The van der Waals surface area contributed by atoms with Crippen molar-refractivity contribution in [2.75, 3.05) is 30.3 Å². The summed E-state index contributed by atoms with van der Waals surface area (Å²) in [6.07, 6.45) is 5.82. The number of benzene rings is 1. The number of hydrogen-bond acceptors (Lipinski definition) is 9. The average Bonchev–Trinajstić information content (AvgIpc) is 3.50. The zero-order chi connectivity index (χ0) is 27.3. The molecule has 2 fully saturated rings. The minimum atomic E-state index is -0.199. The van der Waals surface area contributed by atoms with Crippen molar-refractivity contribution in [2.45, 2.75) is 55.4 Å². The number of nitrogen functional groups attached to an aromatic ring is 1. The molecule has 3 aromatic heterocycles. The third-order valence-corrected chi connectivity index (χ3v) is 9.70. The van der Waals surface area contributed by atoms with Crippen LogP contribution in [0.4, 0.5) is 11.5 Å². The van der Waals surface area contributed by atoms with Gasteiger partial charge in [-0.1, -0.05) is 35.5 Å². The molecule has 0 unspecified atom stereocenters. The van der Waals surface area contributed by atoms with Crippen LogP contribution in [0.2, 0.25) is 5.02 Å². The SMILES string of the molecule is Cc1nc(N2CCC3(CC2)CO[C@@H](C)[C@H]3N)c(CO)nc1Sc1ccn2cc(-c3ccc(N)cc3)nc2c1Cl.Cl. The first-order chi connectivity index (χ1) is 18.8. The highest BCUT2D eigenvalue weighted by atomic mass is 35.5. The van der Waals surface area contributed by atoms with Gasteiger partial charge in [0, 0.05) is 53.1 Å². The Morgan fingerprint density at radius 1 is 1.15 bits per heavy atom. The molecule has 2 aliphatic rings. The van der Waals surface area contributed by atoms with Gasteiger partial charge in [-0.3, -0.25) is 0 Å². The van der Waals surface area contributed by atoms with Crippen molar-refractivity contribution in [2.24, 2.45) is 11.1 Å². The van der Waals surface area contributed by atoms with E-state index < -0.39 is 0 Å². The molecular formula is C28H33Cl2N7O2S. The predicted octanol–water partition coefficient (Wildman–Crippen LogP) is 4.73. The van der Waals surface area contributed by atoms with Gasteiger partial charge in [0.2, 0.25) is 0 Å². The number of pyridine rings is 1. The number of imidazole rings is 1. The molecule has 1 aromatic carbocycles. The van der Waals surface area contributed by atoms with E-state index >= 15 is 0 Å². The van der Waals surface area contributed by atoms with Gasteiger partial charge in [0.25, 0.3) is 0 Å². The van der Waals surface area contributed by atoms with Gasteiger partial charge in [-0.2, -0.15) is 0 Å². The van der Waals surface area contributed by atoms with Crippen LogP contribution in [-0.4, -0.2) is 56.3 Å². The van der Waals surface area contributed by atoms with Crippen molar-refractivity contribution < 1.29 is 9.84 Å².